The summed E-state index contributed by atoms with van der Waals surface area (Å²) in [4.78, 5) is 29.4. The maximum absolute atomic E-state index is 12.4. The molecule has 1 aromatic heterocycles. The first-order chi connectivity index (χ1) is 16.4. The number of aliphatic carboxylic acids is 1. The van der Waals surface area contributed by atoms with E-state index >= 15 is 0 Å². The lowest BCUT2D eigenvalue weighted by atomic mass is 9.96. The van der Waals surface area contributed by atoms with Gasteiger partial charge in [0.1, 0.15) is 36.5 Å². The van der Waals surface area contributed by atoms with Crippen molar-refractivity contribution >= 4 is 23.7 Å². The second-order valence-electron chi connectivity index (χ2n) is 8.15. The third-order valence-corrected chi connectivity index (χ3v) is 5.79. The Morgan fingerprint density at radius 2 is 1.97 bits per heavy atom. The first kappa shape index (κ1) is 23.6. The SMILES string of the molecule is Cc1oc(-c2ccc(Cl)cc2)nc1COc1cccc(CN(CC(=O)O)C(=O)OC2CCC2)c1. The van der Waals surface area contributed by atoms with Crippen LogP contribution in [0.1, 0.15) is 36.3 Å². The topological polar surface area (TPSA) is 102 Å². The maximum Gasteiger partial charge on any atom is 0.410 e. The summed E-state index contributed by atoms with van der Waals surface area (Å²) in [5, 5.41) is 9.84. The van der Waals surface area contributed by atoms with E-state index in [4.69, 9.17) is 25.5 Å². The van der Waals surface area contributed by atoms with Crippen LogP contribution < -0.4 is 4.74 Å². The fourth-order valence-electron chi connectivity index (χ4n) is 3.44. The number of ether oxygens (including phenoxy) is 2. The molecule has 9 heteroatoms. The van der Waals surface area contributed by atoms with Crippen LogP contribution in [-0.4, -0.2) is 39.7 Å². The third-order valence-electron chi connectivity index (χ3n) is 5.54. The van der Waals surface area contributed by atoms with E-state index in [0.29, 0.717) is 28.1 Å². The molecule has 178 valence electrons. The Morgan fingerprint density at radius 1 is 1.21 bits per heavy atom. The van der Waals surface area contributed by atoms with Gasteiger partial charge in [0, 0.05) is 17.1 Å². The van der Waals surface area contributed by atoms with Crippen LogP contribution in [0, 0.1) is 6.92 Å². The number of carbonyl (C=O) groups excluding carboxylic acids is 1. The van der Waals surface area contributed by atoms with Gasteiger partial charge in [-0.2, -0.15) is 0 Å². The number of hydrogen-bond acceptors (Lipinski definition) is 6. The van der Waals surface area contributed by atoms with Gasteiger partial charge in [0.05, 0.1) is 0 Å². The number of carbonyl (C=O) groups is 2. The lowest BCUT2D eigenvalue weighted by molar-refractivity contribution is -0.138. The predicted molar refractivity (Wildman–Crippen MR) is 125 cm³/mol. The van der Waals surface area contributed by atoms with Crippen molar-refractivity contribution in [2.24, 2.45) is 0 Å². The zero-order valence-corrected chi connectivity index (χ0v) is 19.5. The van der Waals surface area contributed by atoms with E-state index in [-0.39, 0.29) is 19.3 Å². The number of aromatic nitrogens is 1. The van der Waals surface area contributed by atoms with Crippen molar-refractivity contribution in [2.75, 3.05) is 6.54 Å². The summed E-state index contributed by atoms with van der Waals surface area (Å²) in [5.74, 6) is 0.592. The van der Waals surface area contributed by atoms with Gasteiger partial charge in [-0.05, 0) is 68.1 Å². The minimum atomic E-state index is -1.10. The van der Waals surface area contributed by atoms with Gasteiger partial charge in [0.2, 0.25) is 5.89 Å². The minimum absolute atomic E-state index is 0.0960. The highest BCUT2D eigenvalue weighted by molar-refractivity contribution is 6.30. The molecule has 0 atom stereocenters. The van der Waals surface area contributed by atoms with Crippen LogP contribution in [0.3, 0.4) is 0 Å². The fraction of sp³-hybridized carbons (Fsp3) is 0.320. The molecule has 8 nitrogen and oxygen atoms in total. The maximum atomic E-state index is 12.4. The van der Waals surface area contributed by atoms with Crippen molar-refractivity contribution in [3.63, 3.8) is 0 Å². The molecular weight excluding hydrogens is 460 g/mol. The Bertz CT molecular complexity index is 1160. The second-order valence-corrected chi connectivity index (χ2v) is 8.59. The number of hydrogen-bond donors (Lipinski definition) is 1. The standard InChI is InChI=1S/C25H25ClN2O6/c1-16-22(27-24(33-16)18-8-10-19(26)11-9-18)15-32-21-7-2-4-17(12-21)13-28(14-23(29)30)25(31)34-20-5-3-6-20/h2,4,7-12,20H,3,5-6,13-15H2,1H3,(H,29,30). The summed E-state index contributed by atoms with van der Waals surface area (Å²) in [6, 6.07) is 14.4. The van der Waals surface area contributed by atoms with Crippen LogP contribution in [0.15, 0.2) is 52.9 Å². The number of nitrogens with zero attached hydrogens (tertiary/aromatic N) is 2. The minimum Gasteiger partial charge on any atom is -0.487 e. The molecule has 0 saturated heterocycles. The summed E-state index contributed by atoms with van der Waals surface area (Å²) in [6.45, 7) is 1.66. The van der Waals surface area contributed by atoms with Gasteiger partial charge in [-0.1, -0.05) is 23.7 Å². The molecule has 0 unspecified atom stereocenters. The Morgan fingerprint density at radius 3 is 2.65 bits per heavy atom. The predicted octanol–water partition coefficient (Wildman–Crippen LogP) is 5.46. The number of amides is 1. The average Bonchev–Trinajstić information content (AvgIpc) is 3.15. The van der Waals surface area contributed by atoms with Crippen molar-refractivity contribution in [2.45, 2.75) is 45.4 Å². The van der Waals surface area contributed by atoms with Crippen LogP contribution in [-0.2, 0) is 22.7 Å². The quantitative estimate of drug-likeness (QED) is 0.430. The molecule has 4 rings (SSSR count). The number of benzene rings is 2. The molecule has 0 aliphatic heterocycles. The summed E-state index contributed by atoms with van der Waals surface area (Å²) >= 11 is 5.94. The average molecular weight is 485 g/mol. The Kier molecular flexibility index (Phi) is 7.37. The van der Waals surface area contributed by atoms with E-state index in [1.807, 2.05) is 19.1 Å². The lowest BCUT2D eigenvalue weighted by Gasteiger charge is -2.29. The van der Waals surface area contributed by atoms with E-state index < -0.39 is 18.6 Å². The van der Waals surface area contributed by atoms with E-state index in [9.17, 15) is 14.7 Å². The molecular formula is C25H25ClN2O6. The van der Waals surface area contributed by atoms with Gasteiger partial charge in [-0.3, -0.25) is 9.69 Å². The van der Waals surface area contributed by atoms with E-state index in [1.54, 1.807) is 36.4 Å². The van der Waals surface area contributed by atoms with Crippen molar-refractivity contribution < 1.29 is 28.6 Å². The van der Waals surface area contributed by atoms with Crippen molar-refractivity contribution in [1.29, 1.82) is 0 Å². The number of carboxylic acids is 1. The Labute approximate surface area is 202 Å². The van der Waals surface area contributed by atoms with Gasteiger partial charge in [-0.15, -0.1) is 0 Å². The molecule has 34 heavy (non-hydrogen) atoms. The molecule has 1 heterocycles. The lowest BCUT2D eigenvalue weighted by Crippen LogP contribution is -2.39. The highest BCUT2D eigenvalue weighted by Crippen LogP contribution is 2.25. The van der Waals surface area contributed by atoms with Crippen LogP contribution in [0.2, 0.25) is 5.02 Å². The molecule has 2 aromatic carbocycles. The highest BCUT2D eigenvalue weighted by Gasteiger charge is 2.26. The summed E-state index contributed by atoms with van der Waals surface area (Å²) < 4.78 is 17.0. The normalized spacial score (nSPS) is 13.2. The highest BCUT2D eigenvalue weighted by atomic mass is 35.5. The molecule has 1 N–H and O–H groups in total. The van der Waals surface area contributed by atoms with E-state index in [0.717, 1.165) is 30.4 Å². The number of aryl methyl sites for hydroxylation is 1. The number of halogens is 1. The first-order valence-electron chi connectivity index (χ1n) is 11.0. The number of oxazole rings is 1. The van der Waals surface area contributed by atoms with Crippen molar-refractivity contribution in [1.82, 2.24) is 9.88 Å². The monoisotopic (exact) mass is 484 g/mol. The van der Waals surface area contributed by atoms with Crippen molar-refractivity contribution in [3.8, 4) is 17.2 Å². The zero-order valence-electron chi connectivity index (χ0n) is 18.7. The molecule has 0 bridgehead atoms. The van der Waals surface area contributed by atoms with Crippen LogP contribution >= 0.6 is 11.6 Å². The molecule has 0 spiro atoms. The van der Waals surface area contributed by atoms with Crippen molar-refractivity contribution in [3.05, 3.63) is 70.6 Å². The van der Waals surface area contributed by atoms with Gasteiger partial charge < -0.3 is 19.0 Å². The zero-order chi connectivity index (χ0) is 24.1. The Hall–Kier alpha value is -3.52. The van der Waals surface area contributed by atoms with Gasteiger partial charge in [-0.25, -0.2) is 9.78 Å². The molecule has 3 aromatic rings. The fourth-order valence-corrected chi connectivity index (χ4v) is 3.56. The summed E-state index contributed by atoms with van der Waals surface area (Å²) in [5.41, 5.74) is 2.20. The van der Waals surface area contributed by atoms with Gasteiger partial charge >= 0.3 is 12.1 Å². The number of rotatable bonds is 9. The molecule has 1 aliphatic rings. The first-order valence-corrected chi connectivity index (χ1v) is 11.4. The second kappa shape index (κ2) is 10.6. The van der Waals surface area contributed by atoms with Crippen LogP contribution in [0.4, 0.5) is 4.79 Å². The molecule has 1 amide bonds. The van der Waals surface area contributed by atoms with Gasteiger partial charge in [0.25, 0.3) is 0 Å². The molecule has 1 fully saturated rings. The third kappa shape index (κ3) is 6.08. The molecule has 1 saturated carbocycles. The molecule has 0 radical (unpaired) electrons. The largest absolute Gasteiger partial charge is 0.487 e. The summed E-state index contributed by atoms with van der Waals surface area (Å²) in [7, 11) is 0. The van der Waals surface area contributed by atoms with Gasteiger partial charge in [0.15, 0.2) is 0 Å². The van der Waals surface area contributed by atoms with Crippen LogP contribution in [0.25, 0.3) is 11.5 Å². The molecule has 1 aliphatic carbocycles. The Balaban J connectivity index is 1.40. The summed E-state index contributed by atoms with van der Waals surface area (Å²) in [6.07, 6.45) is 1.91. The van der Waals surface area contributed by atoms with E-state index in [1.165, 1.54) is 4.90 Å². The smallest absolute Gasteiger partial charge is 0.410 e. The van der Waals surface area contributed by atoms with E-state index in [2.05, 4.69) is 4.98 Å². The number of carboxylic acid groups (broad SMARTS) is 1. The van der Waals surface area contributed by atoms with Crippen LogP contribution in [0.5, 0.6) is 5.75 Å².